The van der Waals surface area contributed by atoms with E-state index in [1.807, 2.05) is 0 Å². The van der Waals surface area contributed by atoms with Gasteiger partial charge < -0.3 is 4.74 Å². The Labute approximate surface area is 84.1 Å². The quantitative estimate of drug-likeness (QED) is 0.655. The highest BCUT2D eigenvalue weighted by atomic mass is 16.5. The highest BCUT2D eigenvalue weighted by Crippen LogP contribution is 2.72. The third-order valence-corrected chi connectivity index (χ3v) is 4.41. The Hall–Kier alpha value is -0.820. The van der Waals surface area contributed by atoms with Crippen LogP contribution in [0, 0.1) is 11.8 Å². The standard InChI is InChI=1S/C13H14O/c1-2-13-10-6-4-3-5-8(10)12(14-13)9-7-11(9)13/h3-6,9,11-12H,2,7H2,1H3. The summed E-state index contributed by atoms with van der Waals surface area (Å²) in [6, 6.07) is 8.82. The minimum Gasteiger partial charge on any atom is -0.362 e. The number of fused-ring (bicyclic) bond motifs is 8. The van der Waals surface area contributed by atoms with Crippen LogP contribution in [-0.4, -0.2) is 0 Å². The van der Waals surface area contributed by atoms with E-state index in [1.54, 1.807) is 0 Å². The molecule has 4 unspecified atom stereocenters. The molecular weight excluding hydrogens is 172 g/mol. The van der Waals surface area contributed by atoms with Crippen molar-refractivity contribution < 1.29 is 4.74 Å². The van der Waals surface area contributed by atoms with Crippen LogP contribution in [-0.2, 0) is 10.3 Å². The van der Waals surface area contributed by atoms with E-state index < -0.39 is 0 Å². The smallest absolute Gasteiger partial charge is 0.0972 e. The zero-order chi connectivity index (χ0) is 9.34. The summed E-state index contributed by atoms with van der Waals surface area (Å²) in [6.45, 7) is 2.26. The van der Waals surface area contributed by atoms with E-state index in [4.69, 9.17) is 4.74 Å². The van der Waals surface area contributed by atoms with Crippen LogP contribution < -0.4 is 0 Å². The van der Waals surface area contributed by atoms with Crippen LogP contribution in [0.3, 0.4) is 0 Å². The SMILES string of the molecule is CCC12OC(c3ccccc31)C1CC12. The van der Waals surface area contributed by atoms with E-state index in [9.17, 15) is 0 Å². The second kappa shape index (κ2) is 2.06. The van der Waals surface area contributed by atoms with Gasteiger partial charge in [-0.1, -0.05) is 31.2 Å². The van der Waals surface area contributed by atoms with Gasteiger partial charge in [-0.3, -0.25) is 0 Å². The normalized spacial score (nSPS) is 46.2. The van der Waals surface area contributed by atoms with Crippen molar-refractivity contribution >= 4 is 0 Å². The minimum absolute atomic E-state index is 0.117. The topological polar surface area (TPSA) is 9.23 Å². The molecular formula is C13H14O. The molecule has 4 atom stereocenters. The van der Waals surface area contributed by atoms with E-state index in [0.29, 0.717) is 6.10 Å². The fraction of sp³-hybridized carbons (Fsp3) is 0.538. The molecule has 1 aliphatic carbocycles. The third kappa shape index (κ3) is 0.594. The Morgan fingerprint density at radius 1 is 1.43 bits per heavy atom. The summed E-state index contributed by atoms with van der Waals surface area (Å²) in [5.41, 5.74) is 3.09. The van der Waals surface area contributed by atoms with Crippen LogP contribution in [0.2, 0.25) is 0 Å². The molecule has 1 heteroatoms. The summed E-state index contributed by atoms with van der Waals surface area (Å²) in [4.78, 5) is 0. The second-order valence-corrected chi connectivity index (χ2v) is 4.87. The Morgan fingerprint density at radius 2 is 2.29 bits per heavy atom. The van der Waals surface area contributed by atoms with E-state index >= 15 is 0 Å². The average molecular weight is 186 g/mol. The Balaban J connectivity index is 2.00. The van der Waals surface area contributed by atoms with Gasteiger partial charge in [0.1, 0.15) is 0 Å². The highest BCUT2D eigenvalue weighted by Gasteiger charge is 2.68. The lowest BCUT2D eigenvalue weighted by molar-refractivity contribution is -0.0543. The molecule has 2 aliphatic heterocycles. The lowest BCUT2D eigenvalue weighted by Crippen LogP contribution is -2.25. The molecule has 2 fully saturated rings. The Morgan fingerprint density at radius 3 is 3.14 bits per heavy atom. The molecule has 14 heavy (non-hydrogen) atoms. The zero-order valence-corrected chi connectivity index (χ0v) is 8.36. The van der Waals surface area contributed by atoms with Crippen molar-refractivity contribution in [3.63, 3.8) is 0 Å². The maximum absolute atomic E-state index is 6.24. The maximum atomic E-state index is 6.24. The lowest BCUT2D eigenvalue weighted by Gasteiger charge is -2.26. The van der Waals surface area contributed by atoms with Gasteiger partial charge in [0, 0.05) is 0 Å². The monoisotopic (exact) mass is 186 g/mol. The molecule has 0 N–H and O–H groups in total. The third-order valence-electron chi connectivity index (χ3n) is 4.41. The van der Waals surface area contributed by atoms with Crippen molar-refractivity contribution in [1.29, 1.82) is 0 Å². The summed E-state index contributed by atoms with van der Waals surface area (Å²) in [6.07, 6.45) is 2.98. The van der Waals surface area contributed by atoms with Gasteiger partial charge >= 0.3 is 0 Å². The molecule has 2 heterocycles. The van der Waals surface area contributed by atoms with E-state index in [2.05, 4.69) is 31.2 Å². The molecule has 0 amide bonds. The van der Waals surface area contributed by atoms with Crippen molar-refractivity contribution in [2.45, 2.75) is 31.5 Å². The van der Waals surface area contributed by atoms with E-state index in [0.717, 1.165) is 18.3 Å². The van der Waals surface area contributed by atoms with Gasteiger partial charge in [-0.2, -0.15) is 0 Å². The molecule has 1 nitrogen and oxygen atoms in total. The molecule has 0 aromatic heterocycles. The molecule has 1 aromatic carbocycles. The molecule has 3 aliphatic rings. The van der Waals surface area contributed by atoms with Gasteiger partial charge in [-0.25, -0.2) is 0 Å². The predicted molar refractivity (Wildman–Crippen MR) is 53.8 cm³/mol. The summed E-state index contributed by atoms with van der Waals surface area (Å²) in [5.74, 6) is 1.69. The molecule has 1 aromatic rings. The first kappa shape index (κ1) is 7.47. The van der Waals surface area contributed by atoms with Crippen LogP contribution in [0.5, 0.6) is 0 Å². The summed E-state index contributed by atoms with van der Waals surface area (Å²) in [7, 11) is 0. The zero-order valence-electron chi connectivity index (χ0n) is 8.36. The van der Waals surface area contributed by atoms with Crippen LogP contribution in [0.15, 0.2) is 24.3 Å². The van der Waals surface area contributed by atoms with Gasteiger partial charge in [0.05, 0.1) is 11.7 Å². The fourth-order valence-corrected chi connectivity index (χ4v) is 3.71. The first-order valence-electron chi connectivity index (χ1n) is 5.64. The van der Waals surface area contributed by atoms with Crippen molar-refractivity contribution in [2.75, 3.05) is 0 Å². The lowest BCUT2D eigenvalue weighted by atomic mass is 9.80. The van der Waals surface area contributed by atoms with Crippen LogP contribution in [0.4, 0.5) is 0 Å². The first-order valence-corrected chi connectivity index (χ1v) is 5.64. The Bertz CT molecular complexity index is 411. The van der Waals surface area contributed by atoms with E-state index in [1.165, 1.54) is 17.5 Å². The van der Waals surface area contributed by atoms with Crippen LogP contribution >= 0.6 is 0 Å². The molecule has 0 radical (unpaired) electrons. The van der Waals surface area contributed by atoms with E-state index in [-0.39, 0.29) is 5.60 Å². The van der Waals surface area contributed by atoms with Crippen LogP contribution in [0.25, 0.3) is 0 Å². The van der Waals surface area contributed by atoms with Gasteiger partial charge in [-0.05, 0) is 35.8 Å². The Kier molecular flexibility index (Phi) is 1.10. The largest absolute Gasteiger partial charge is 0.362 e. The van der Waals surface area contributed by atoms with Gasteiger partial charge in [0.15, 0.2) is 0 Å². The second-order valence-electron chi connectivity index (χ2n) is 4.87. The van der Waals surface area contributed by atoms with Gasteiger partial charge in [0.2, 0.25) is 0 Å². The van der Waals surface area contributed by atoms with Crippen molar-refractivity contribution in [3.05, 3.63) is 35.4 Å². The minimum atomic E-state index is 0.117. The molecule has 0 spiro atoms. The summed E-state index contributed by atoms with van der Waals surface area (Å²) < 4.78 is 6.24. The number of ether oxygens (including phenoxy) is 1. The number of rotatable bonds is 1. The fourth-order valence-electron chi connectivity index (χ4n) is 3.71. The summed E-state index contributed by atoms with van der Waals surface area (Å²) >= 11 is 0. The molecule has 1 saturated carbocycles. The number of hydrogen-bond acceptors (Lipinski definition) is 1. The molecule has 1 saturated heterocycles. The number of benzene rings is 1. The molecule has 2 bridgehead atoms. The van der Waals surface area contributed by atoms with Crippen LogP contribution in [0.1, 0.15) is 37.0 Å². The maximum Gasteiger partial charge on any atom is 0.0972 e. The average Bonchev–Trinajstić information content (AvgIpc) is 2.91. The first-order chi connectivity index (χ1) is 6.87. The summed E-state index contributed by atoms with van der Waals surface area (Å²) in [5, 5.41) is 0. The predicted octanol–water partition coefficient (Wildman–Crippen LogP) is 3.01. The molecule has 4 rings (SSSR count). The van der Waals surface area contributed by atoms with Crippen molar-refractivity contribution in [2.24, 2.45) is 11.8 Å². The van der Waals surface area contributed by atoms with Gasteiger partial charge in [-0.15, -0.1) is 0 Å². The molecule has 72 valence electrons. The highest BCUT2D eigenvalue weighted by molar-refractivity contribution is 5.45. The van der Waals surface area contributed by atoms with Crippen molar-refractivity contribution in [1.82, 2.24) is 0 Å². The van der Waals surface area contributed by atoms with Crippen molar-refractivity contribution in [3.8, 4) is 0 Å². The number of hydrogen-bond donors (Lipinski definition) is 0. The van der Waals surface area contributed by atoms with Gasteiger partial charge in [0.25, 0.3) is 0 Å².